The van der Waals surface area contributed by atoms with E-state index in [2.05, 4.69) is 36.8 Å². The van der Waals surface area contributed by atoms with Crippen molar-refractivity contribution in [1.29, 1.82) is 0 Å². The molecule has 0 spiro atoms. The molecule has 0 aliphatic rings. The van der Waals surface area contributed by atoms with Gasteiger partial charge in [0.25, 0.3) is 0 Å². The molecule has 3 rings (SSSR count). The van der Waals surface area contributed by atoms with Crippen molar-refractivity contribution in [2.24, 2.45) is 0 Å². The molecular weight excluding hydrogens is 495 g/mol. The summed E-state index contributed by atoms with van der Waals surface area (Å²) in [6.45, 7) is 6.08. The molecule has 3 aromatic rings. The third kappa shape index (κ3) is 5.94. The number of aryl methyl sites for hydroxylation is 2. The van der Waals surface area contributed by atoms with Crippen LogP contribution in [0.5, 0.6) is 0 Å². The SMILES string of the molecule is Cc1nn(Cc2ccc(Cl)cc2Cl)c(C)c1NC(=S)NCCCn1cc(Br)cn1. The number of rotatable bonds is 7. The Hall–Kier alpha value is -1.61. The Labute approximate surface area is 193 Å². The summed E-state index contributed by atoms with van der Waals surface area (Å²) in [6, 6.07) is 5.48. The number of nitrogens with one attached hydrogen (secondary N) is 2. The van der Waals surface area contributed by atoms with Gasteiger partial charge in [0.05, 0.1) is 34.3 Å². The second-order valence-electron chi connectivity index (χ2n) is 6.60. The Morgan fingerprint density at radius 2 is 2.07 bits per heavy atom. The van der Waals surface area contributed by atoms with Crippen LogP contribution in [0.4, 0.5) is 5.69 Å². The highest BCUT2D eigenvalue weighted by Gasteiger charge is 2.14. The smallest absolute Gasteiger partial charge is 0.170 e. The number of nitrogens with zero attached hydrogens (tertiary/aromatic N) is 4. The van der Waals surface area contributed by atoms with Crippen LogP contribution in [-0.4, -0.2) is 31.2 Å². The molecule has 6 nitrogen and oxygen atoms in total. The lowest BCUT2D eigenvalue weighted by molar-refractivity contribution is 0.573. The molecule has 0 unspecified atom stereocenters. The summed E-state index contributed by atoms with van der Waals surface area (Å²) in [5.41, 5.74) is 3.72. The van der Waals surface area contributed by atoms with Crippen LogP contribution in [-0.2, 0) is 13.1 Å². The number of anilines is 1. The Balaban J connectivity index is 1.55. The zero-order chi connectivity index (χ0) is 21.0. The first-order valence-electron chi connectivity index (χ1n) is 9.04. The van der Waals surface area contributed by atoms with Crippen LogP contribution in [0.2, 0.25) is 10.0 Å². The second-order valence-corrected chi connectivity index (χ2v) is 8.76. The molecule has 10 heteroatoms. The summed E-state index contributed by atoms with van der Waals surface area (Å²) in [5, 5.41) is 17.2. The topological polar surface area (TPSA) is 59.7 Å². The van der Waals surface area contributed by atoms with Crippen LogP contribution in [0.3, 0.4) is 0 Å². The molecule has 0 amide bonds. The molecule has 1 aromatic carbocycles. The average molecular weight is 516 g/mol. The molecule has 0 saturated carbocycles. The number of aromatic nitrogens is 4. The van der Waals surface area contributed by atoms with Gasteiger partial charge in [0.1, 0.15) is 0 Å². The van der Waals surface area contributed by atoms with E-state index in [9.17, 15) is 0 Å². The Bertz CT molecular complexity index is 1020. The monoisotopic (exact) mass is 514 g/mol. The van der Waals surface area contributed by atoms with E-state index in [-0.39, 0.29) is 0 Å². The molecule has 0 fully saturated rings. The van der Waals surface area contributed by atoms with Crippen molar-refractivity contribution < 1.29 is 0 Å². The summed E-state index contributed by atoms with van der Waals surface area (Å²) >= 11 is 21.1. The third-order valence-electron chi connectivity index (χ3n) is 4.41. The van der Waals surface area contributed by atoms with Gasteiger partial charge in [-0.2, -0.15) is 10.2 Å². The lowest BCUT2D eigenvalue weighted by Gasteiger charge is -2.11. The maximum Gasteiger partial charge on any atom is 0.170 e. The van der Waals surface area contributed by atoms with Gasteiger partial charge in [0, 0.05) is 29.3 Å². The second kappa shape index (κ2) is 9.93. The van der Waals surface area contributed by atoms with Crippen molar-refractivity contribution >= 4 is 62.1 Å². The van der Waals surface area contributed by atoms with Gasteiger partial charge in [-0.3, -0.25) is 9.36 Å². The molecule has 2 heterocycles. The van der Waals surface area contributed by atoms with Gasteiger partial charge in [-0.25, -0.2) is 0 Å². The van der Waals surface area contributed by atoms with Crippen LogP contribution >= 0.6 is 51.3 Å². The van der Waals surface area contributed by atoms with Gasteiger partial charge >= 0.3 is 0 Å². The van der Waals surface area contributed by atoms with E-state index in [1.807, 2.05) is 41.5 Å². The molecule has 2 N–H and O–H groups in total. The predicted molar refractivity (Wildman–Crippen MR) is 126 cm³/mol. The fourth-order valence-corrected chi connectivity index (χ4v) is 3.90. The molecule has 0 aliphatic carbocycles. The minimum Gasteiger partial charge on any atom is -0.362 e. The summed E-state index contributed by atoms with van der Waals surface area (Å²) in [4.78, 5) is 0. The number of benzene rings is 1. The number of hydrogen-bond acceptors (Lipinski definition) is 3. The largest absolute Gasteiger partial charge is 0.362 e. The summed E-state index contributed by atoms with van der Waals surface area (Å²) in [7, 11) is 0. The van der Waals surface area contributed by atoms with Crippen molar-refractivity contribution in [2.75, 3.05) is 11.9 Å². The van der Waals surface area contributed by atoms with Gasteiger partial charge in [-0.15, -0.1) is 0 Å². The zero-order valence-corrected chi connectivity index (χ0v) is 20.0. The molecule has 0 bridgehead atoms. The van der Waals surface area contributed by atoms with Gasteiger partial charge in [-0.1, -0.05) is 29.3 Å². The summed E-state index contributed by atoms with van der Waals surface area (Å²) < 4.78 is 4.78. The fraction of sp³-hybridized carbons (Fsp3) is 0.316. The Morgan fingerprint density at radius 3 is 2.76 bits per heavy atom. The van der Waals surface area contributed by atoms with Crippen molar-refractivity contribution in [3.05, 3.63) is 62.1 Å². The first-order valence-corrected chi connectivity index (χ1v) is 11.0. The highest BCUT2D eigenvalue weighted by molar-refractivity contribution is 9.10. The lowest BCUT2D eigenvalue weighted by atomic mass is 10.2. The van der Waals surface area contributed by atoms with Crippen molar-refractivity contribution in [3.63, 3.8) is 0 Å². The molecule has 0 aliphatic heterocycles. The van der Waals surface area contributed by atoms with E-state index < -0.39 is 0 Å². The maximum absolute atomic E-state index is 6.30. The summed E-state index contributed by atoms with van der Waals surface area (Å²) in [5.74, 6) is 0. The van der Waals surface area contributed by atoms with Crippen LogP contribution in [0.15, 0.2) is 35.1 Å². The molecule has 0 radical (unpaired) electrons. The molecule has 0 saturated heterocycles. The Kier molecular flexibility index (Phi) is 7.56. The van der Waals surface area contributed by atoms with Crippen LogP contribution in [0.1, 0.15) is 23.4 Å². The molecule has 29 heavy (non-hydrogen) atoms. The van der Waals surface area contributed by atoms with Crippen molar-refractivity contribution in [2.45, 2.75) is 33.4 Å². The zero-order valence-electron chi connectivity index (χ0n) is 16.0. The van der Waals surface area contributed by atoms with E-state index in [1.165, 1.54) is 0 Å². The minimum absolute atomic E-state index is 0.559. The minimum atomic E-state index is 0.559. The first-order chi connectivity index (χ1) is 13.8. The van der Waals surface area contributed by atoms with Gasteiger partial charge in [-0.05, 0) is 66.1 Å². The highest BCUT2D eigenvalue weighted by Crippen LogP contribution is 2.25. The van der Waals surface area contributed by atoms with Gasteiger partial charge < -0.3 is 10.6 Å². The number of halogens is 3. The molecular formula is C19H21BrCl2N6S. The number of hydrogen-bond donors (Lipinski definition) is 2. The average Bonchev–Trinajstić information content (AvgIpc) is 3.19. The predicted octanol–water partition coefficient (Wildman–Crippen LogP) is 5.19. The van der Waals surface area contributed by atoms with E-state index in [0.29, 0.717) is 21.7 Å². The standard InChI is InChI=1S/C19H21BrCl2N6S/c1-12-18(25-19(29)23-6-3-7-27-11-15(20)9-24-27)13(2)28(26-12)10-14-4-5-16(21)8-17(14)22/h4-5,8-9,11H,3,6-7,10H2,1-2H3,(H2,23,25,29). The van der Waals surface area contributed by atoms with E-state index >= 15 is 0 Å². The van der Waals surface area contributed by atoms with E-state index in [1.54, 1.807) is 12.3 Å². The van der Waals surface area contributed by atoms with Crippen LogP contribution in [0.25, 0.3) is 0 Å². The Morgan fingerprint density at radius 1 is 1.28 bits per heavy atom. The van der Waals surface area contributed by atoms with Crippen molar-refractivity contribution in [3.8, 4) is 0 Å². The lowest BCUT2D eigenvalue weighted by Crippen LogP contribution is -2.30. The van der Waals surface area contributed by atoms with Gasteiger partial charge in [0.15, 0.2) is 5.11 Å². The van der Waals surface area contributed by atoms with E-state index in [4.69, 9.17) is 35.4 Å². The summed E-state index contributed by atoms with van der Waals surface area (Å²) in [6.07, 6.45) is 4.63. The molecule has 2 aromatic heterocycles. The number of thiocarbonyl (C=S) groups is 1. The normalized spacial score (nSPS) is 10.9. The third-order valence-corrected chi connectivity index (χ3v) is 5.65. The molecule has 0 atom stereocenters. The highest BCUT2D eigenvalue weighted by atomic mass is 79.9. The quantitative estimate of drug-likeness (QED) is 0.335. The van der Waals surface area contributed by atoms with Crippen molar-refractivity contribution in [1.82, 2.24) is 24.9 Å². The van der Waals surface area contributed by atoms with Gasteiger partial charge in [0.2, 0.25) is 0 Å². The van der Waals surface area contributed by atoms with Crippen LogP contribution in [0, 0.1) is 13.8 Å². The molecule has 154 valence electrons. The maximum atomic E-state index is 6.30. The van der Waals surface area contributed by atoms with E-state index in [0.717, 1.165) is 46.6 Å². The fourth-order valence-electron chi connectivity index (χ4n) is 2.90. The van der Waals surface area contributed by atoms with Crippen LogP contribution < -0.4 is 10.6 Å². The first kappa shape index (κ1) is 22.1.